The van der Waals surface area contributed by atoms with Gasteiger partial charge in [-0.25, -0.2) is 0 Å². The number of halogens is 12. The summed E-state index contributed by atoms with van der Waals surface area (Å²) in [6, 6.07) is 0. The van der Waals surface area contributed by atoms with Gasteiger partial charge >= 0.3 is 242 Å². The first-order valence-corrected chi connectivity index (χ1v) is 14.4. The molecule has 1 heterocycles. The van der Waals surface area contributed by atoms with Crippen LogP contribution in [0, 0.1) is 0 Å². The molecule has 0 aromatic rings. The maximum atomic E-state index is 5.92. The number of nitrogens with zero attached hydrogens (tertiary/aromatic N) is 1. The minimum atomic E-state index is -5.16. The van der Waals surface area contributed by atoms with Crippen molar-refractivity contribution >= 4 is 147 Å². The van der Waals surface area contributed by atoms with E-state index in [0.29, 0.717) is 0 Å². The van der Waals surface area contributed by atoms with Crippen molar-refractivity contribution in [2.24, 2.45) is 0 Å². The molecule has 188 valence electrons. The van der Waals surface area contributed by atoms with Crippen molar-refractivity contribution in [1.29, 1.82) is 0 Å². The van der Waals surface area contributed by atoms with Crippen molar-refractivity contribution in [2.75, 3.05) is 52.7 Å². The summed E-state index contributed by atoms with van der Waals surface area (Å²) in [5, 5.41) is 0. The SMILES string of the molecule is ClC(Cl)(Cl)COP(OCC(Cl)(Cl)Cl)(OCC(Cl)(Cl)Cl)(OCC(Cl)(Cl)Cl)N1CCOCC1. The number of rotatable bonds is 9. The van der Waals surface area contributed by atoms with E-state index in [2.05, 4.69) is 0 Å². The molecule has 0 unspecified atom stereocenters. The second kappa shape index (κ2) is 12.5. The van der Waals surface area contributed by atoms with Gasteiger partial charge in [0.1, 0.15) is 0 Å². The molecule has 31 heavy (non-hydrogen) atoms. The summed E-state index contributed by atoms with van der Waals surface area (Å²) in [7, 11) is -5.16. The van der Waals surface area contributed by atoms with Crippen LogP contribution >= 0.6 is 147 Å². The van der Waals surface area contributed by atoms with E-state index in [1.165, 1.54) is 4.67 Å². The van der Waals surface area contributed by atoms with E-state index in [1.54, 1.807) is 0 Å². The van der Waals surface area contributed by atoms with Crippen molar-refractivity contribution in [3.63, 3.8) is 0 Å². The van der Waals surface area contributed by atoms with Gasteiger partial charge in [0, 0.05) is 0 Å². The maximum absolute atomic E-state index is 5.92. The number of alkyl halides is 12. The Balaban J connectivity index is 3.59. The third-order valence-electron chi connectivity index (χ3n) is 3.23. The van der Waals surface area contributed by atoms with Crippen LogP contribution in [-0.4, -0.2) is 72.6 Å². The Morgan fingerprint density at radius 2 is 0.806 bits per heavy atom. The Morgan fingerprint density at radius 3 is 1.03 bits per heavy atom. The second-order valence-corrected chi connectivity index (χ2v) is 19.1. The number of hydrogen-bond donors (Lipinski definition) is 0. The zero-order chi connectivity index (χ0) is 24.2. The number of hydrogen-bond acceptors (Lipinski definition) is 6. The van der Waals surface area contributed by atoms with Gasteiger partial charge in [0.05, 0.1) is 0 Å². The molecule has 1 aliphatic rings. The van der Waals surface area contributed by atoms with Crippen molar-refractivity contribution in [3.8, 4) is 0 Å². The fourth-order valence-electron chi connectivity index (χ4n) is 2.15. The van der Waals surface area contributed by atoms with Crippen molar-refractivity contribution in [1.82, 2.24) is 4.67 Å². The van der Waals surface area contributed by atoms with E-state index in [9.17, 15) is 0 Å². The van der Waals surface area contributed by atoms with Crippen LogP contribution in [0.1, 0.15) is 0 Å². The summed E-state index contributed by atoms with van der Waals surface area (Å²) in [6.45, 7) is -1.78. The molecular formula is C12H16Cl12NO5P. The molecule has 1 saturated heterocycles. The van der Waals surface area contributed by atoms with Gasteiger partial charge in [-0.2, -0.15) is 0 Å². The first-order valence-electron chi connectivity index (χ1n) is 7.98. The molecule has 1 fully saturated rings. The van der Waals surface area contributed by atoms with E-state index >= 15 is 0 Å². The predicted octanol–water partition coefficient (Wildman–Crippen LogP) is 7.99. The van der Waals surface area contributed by atoms with Crippen LogP contribution in [0.15, 0.2) is 0 Å². The topological polar surface area (TPSA) is 49.4 Å². The standard InChI is InChI=1S/C12H16Cl12NO5P/c13-9(14,15)5-27-31(28-6-10(16,17)18,29-7-11(19,20)21,30-8-12(22,23)24)25-1-3-26-4-2-25/h1-8H2. The Kier molecular flexibility index (Phi) is 13.2. The van der Waals surface area contributed by atoms with E-state index in [-0.39, 0.29) is 26.3 Å². The van der Waals surface area contributed by atoms with Crippen LogP contribution in [0.3, 0.4) is 0 Å². The zero-order valence-corrected chi connectivity index (χ0v) is 25.1. The van der Waals surface area contributed by atoms with Crippen molar-refractivity contribution in [3.05, 3.63) is 0 Å². The summed E-state index contributed by atoms with van der Waals surface area (Å²) >= 11 is 70.7. The van der Waals surface area contributed by atoms with Gasteiger partial charge in [-0.05, 0) is 0 Å². The Labute approximate surface area is 240 Å². The van der Waals surface area contributed by atoms with Crippen molar-refractivity contribution < 1.29 is 22.8 Å². The Bertz CT molecular complexity index is 489. The molecule has 0 N–H and O–H groups in total. The normalized spacial score (nSPS) is 19.3. The molecule has 0 saturated carbocycles. The van der Waals surface area contributed by atoms with Crippen LogP contribution < -0.4 is 0 Å². The van der Waals surface area contributed by atoms with E-state index in [4.69, 9.17) is 162 Å². The van der Waals surface area contributed by atoms with Gasteiger partial charge in [0.15, 0.2) is 0 Å². The monoisotopic (exact) mass is 705 g/mol. The van der Waals surface area contributed by atoms with Gasteiger partial charge in [-0.15, -0.1) is 0 Å². The molecular weight excluding hydrogens is 695 g/mol. The minimum absolute atomic E-state index is 0.136. The molecule has 0 aromatic heterocycles. The number of morpholine rings is 1. The predicted molar refractivity (Wildman–Crippen MR) is 134 cm³/mol. The molecule has 0 spiro atoms. The molecule has 1 aliphatic heterocycles. The Hall–Kier alpha value is 3.67. The molecule has 0 aliphatic carbocycles. The van der Waals surface area contributed by atoms with Crippen LogP contribution in [0.2, 0.25) is 0 Å². The van der Waals surface area contributed by atoms with E-state index in [0.717, 1.165) is 0 Å². The first kappa shape index (κ1) is 32.7. The first-order chi connectivity index (χ1) is 13.8. The summed E-state index contributed by atoms with van der Waals surface area (Å²) in [5.74, 6) is 0. The van der Waals surface area contributed by atoms with Gasteiger partial charge in [0.2, 0.25) is 0 Å². The molecule has 0 bridgehead atoms. The fraction of sp³-hybridized carbons (Fsp3) is 1.00. The molecule has 19 heteroatoms. The summed E-state index contributed by atoms with van der Waals surface area (Å²) in [6.07, 6.45) is 0. The quantitative estimate of drug-likeness (QED) is 0.179. The van der Waals surface area contributed by atoms with Gasteiger partial charge in [-0.1, -0.05) is 0 Å². The van der Waals surface area contributed by atoms with Crippen LogP contribution in [-0.2, 0) is 22.8 Å². The molecule has 6 nitrogen and oxygen atoms in total. The third kappa shape index (κ3) is 12.6. The van der Waals surface area contributed by atoms with Crippen LogP contribution in [0.25, 0.3) is 0 Å². The molecule has 0 atom stereocenters. The molecule has 0 amide bonds. The summed E-state index contributed by atoms with van der Waals surface area (Å²) in [4.78, 5) is 0. The van der Waals surface area contributed by atoms with Gasteiger partial charge < -0.3 is 0 Å². The number of ether oxygens (including phenoxy) is 1. The third-order valence-corrected chi connectivity index (χ3v) is 8.10. The average molecular weight is 711 g/mol. The molecule has 0 radical (unpaired) electrons. The van der Waals surface area contributed by atoms with Gasteiger partial charge in [-0.3, -0.25) is 0 Å². The van der Waals surface area contributed by atoms with Crippen LogP contribution in [0.4, 0.5) is 0 Å². The van der Waals surface area contributed by atoms with Crippen molar-refractivity contribution in [2.45, 2.75) is 15.2 Å². The zero-order valence-electron chi connectivity index (χ0n) is 15.1. The summed E-state index contributed by atoms with van der Waals surface area (Å²) in [5.41, 5.74) is 0. The fourth-order valence-corrected chi connectivity index (χ4v) is 7.28. The molecule has 1 rings (SSSR count). The van der Waals surface area contributed by atoms with Gasteiger partial charge in [0.25, 0.3) is 0 Å². The molecule has 0 aromatic carbocycles. The summed E-state index contributed by atoms with van der Waals surface area (Å²) < 4.78 is 22.7. The van der Waals surface area contributed by atoms with Crippen LogP contribution in [0.5, 0.6) is 0 Å². The average Bonchev–Trinajstić information content (AvgIpc) is 2.59. The second-order valence-electron chi connectivity index (χ2n) is 5.89. The Morgan fingerprint density at radius 1 is 0.548 bits per heavy atom. The van der Waals surface area contributed by atoms with E-state index in [1.807, 2.05) is 0 Å². The van der Waals surface area contributed by atoms with E-state index < -0.39 is 49.3 Å².